The van der Waals surface area contributed by atoms with E-state index in [1.54, 1.807) is 12.1 Å². The van der Waals surface area contributed by atoms with Crippen molar-refractivity contribution in [3.05, 3.63) is 94.6 Å². The maximum absolute atomic E-state index is 13.9. The number of aromatic nitrogens is 1. The quantitative estimate of drug-likeness (QED) is 0.440. The summed E-state index contributed by atoms with van der Waals surface area (Å²) in [4.78, 5) is 37.7. The highest BCUT2D eigenvalue weighted by Gasteiger charge is 2.40. The molecule has 2 atom stereocenters. The third-order valence-corrected chi connectivity index (χ3v) is 8.50. The molecule has 3 aliphatic heterocycles. The van der Waals surface area contributed by atoms with Gasteiger partial charge in [-0.3, -0.25) is 19.5 Å². The first kappa shape index (κ1) is 31.9. The first-order valence-electron chi connectivity index (χ1n) is 14.1. The van der Waals surface area contributed by atoms with Gasteiger partial charge in [-0.2, -0.15) is 0 Å². The summed E-state index contributed by atoms with van der Waals surface area (Å²) in [6.45, 7) is 9.95. The molecule has 2 amide bonds. The zero-order chi connectivity index (χ0) is 28.0. The Morgan fingerprint density at radius 3 is 2.60 bits per heavy atom. The average Bonchev–Trinajstić information content (AvgIpc) is 3.39. The van der Waals surface area contributed by atoms with Crippen LogP contribution in [0.2, 0.25) is 0 Å². The molecule has 0 aliphatic carbocycles. The second-order valence-corrected chi connectivity index (χ2v) is 12.1. The van der Waals surface area contributed by atoms with Crippen molar-refractivity contribution in [2.24, 2.45) is 0 Å². The second kappa shape index (κ2) is 12.7. The van der Waals surface area contributed by atoms with E-state index in [0.29, 0.717) is 26.1 Å². The number of amides is 2. The van der Waals surface area contributed by atoms with Crippen LogP contribution in [0.5, 0.6) is 0 Å². The number of halogens is 3. The molecular weight excluding hydrogens is 576 g/mol. The molecule has 2 aromatic carbocycles. The number of rotatable bonds is 6. The molecule has 0 unspecified atom stereocenters. The Balaban J connectivity index is 0.00000202. The minimum absolute atomic E-state index is 0. The van der Waals surface area contributed by atoms with Crippen LogP contribution < -0.4 is 10.2 Å². The van der Waals surface area contributed by atoms with Gasteiger partial charge >= 0.3 is 0 Å². The van der Waals surface area contributed by atoms with Crippen LogP contribution in [-0.2, 0) is 23.2 Å². The second-order valence-electron chi connectivity index (χ2n) is 12.1. The summed E-state index contributed by atoms with van der Waals surface area (Å²) in [5.41, 5.74) is 5.43. The standard InChI is InChI=1S/C32H36FN5O2.2ClH/c1-21-16-36(26(14-34-21)18-37-17-23-6-4-5-7-27(23)31(37)40)19-30(39)38-20-32(2,3)28-15-35-25(13-29(28)38)12-22-8-10-24(33)11-9-22;;/h4-11,13,15,21,26,34H,12,14,16-20H2,1-3H3;2*1H/t21-,26-;;/m1../s1. The summed E-state index contributed by atoms with van der Waals surface area (Å²) in [5, 5.41) is 3.54. The highest BCUT2D eigenvalue weighted by atomic mass is 35.5. The van der Waals surface area contributed by atoms with E-state index in [4.69, 9.17) is 0 Å². The molecule has 0 bridgehead atoms. The van der Waals surface area contributed by atoms with Crippen LogP contribution in [0.3, 0.4) is 0 Å². The molecule has 0 spiro atoms. The molecule has 3 aliphatic rings. The number of fused-ring (bicyclic) bond motifs is 2. The topological polar surface area (TPSA) is 68.8 Å². The van der Waals surface area contributed by atoms with E-state index in [2.05, 4.69) is 36.0 Å². The molecule has 1 N–H and O–H groups in total. The van der Waals surface area contributed by atoms with Crippen LogP contribution in [0.25, 0.3) is 0 Å². The fraction of sp³-hybridized carbons (Fsp3) is 0.406. The molecule has 0 saturated carbocycles. The van der Waals surface area contributed by atoms with Gasteiger partial charge in [0.05, 0.1) is 12.2 Å². The van der Waals surface area contributed by atoms with E-state index >= 15 is 0 Å². The SMILES string of the molecule is C[C@@H]1CN(CC(=O)N2CC(C)(C)c3cnc(Cc4ccc(F)cc4)cc32)[C@@H](CN2Cc3ccccc3C2=O)CN1.Cl.Cl. The lowest BCUT2D eigenvalue weighted by atomic mass is 9.88. The van der Waals surface area contributed by atoms with Crippen LogP contribution in [0.1, 0.15) is 53.5 Å². The number of hydrogen-bond donors (Lipinski definition) is 1. The molecule has 7 nitrogen and oxygen atoms in total. The summed E-state index contributed by atoms with van der Waals surface area (Å²) in [6.07, 6.45) is 2.47. The molecule has 1 aromatic heterocycles. The predicted octanol–water partition coefficient (Wildman–Crippen LogP) is 4.60. The third kappa shape index (κ3) is 6.32. The Morgan fingerprint density at radius 2 is 1.86 bits per heavy atom. The minimum atomic E-state index is -0.261. The van der Waals surface area contributed by atoms with E-state index in [-0.39, 0.29) is 66.5 Å². The maximum atomic E-state index is 13.9. The van der Waals surface area contributed by atoms with Gasteiger partial charge in [-0.15, -0.1) is 24.8 Å². The lowest BCUT2D eigenvalue weighted by Crippen LogP contribution is -2.60. The van der Waals surface area contributed by atoms with Crippen LogP contribution in [-0.4, -0.2) is 71.4 Å². The van der Waals surface area contributed by atoms with Crippen molar-refractivity contribution < 1.29 is 14.0 Å². The number of benzene rings is 2. The number of pyridine rings is 1. The number of piperazine rings is 1. The largest absolute Gasteiger partial charge is 0.333 e. The highest BCUT2D eigenvalue weighted by Crippen LogP contribution is 2.40. The lowest BCUT2D eigenvalue weighted by Gasteiger charge is -2.41. The summed E-state index contributed by atoms with van der Waals surface area (Å²) >= 11 is 0. The Kier molecular flexibility index (Phi) is 9.62. The third-order valence-electron chi connectivity index (χ3n) is 8.50. The molecule has 1 fully saturated rings. The Bertz CT molecular complexity index is 1450. The molecular formula is C32H38Cl2FN5O2. The molecule has 6 rings (SSSR count). The van der Waals surface area contributed by atoms with Crippen molar-refractivity contribution >= 4 is 42.3 Å². The van der Waals surface area contributed by atoms with Crippen molar-refractivity contribution in [2.45, 2.75) is 51.2 Å². The van der Waals surface area contributed by atoms with Crippen molar-refractivity contribution in [3.63, 3.8) is 0 Å². The van der Waals surface area contributed by atoms with Gasteiger partial charge in [-0.05, 0) is 42.3 Å². The number of hydrogen-bond acceptors (Lipinski definition) is 5. The average molecular weight is 615 g/mol. The summed E-state index contributed by atoms with van der Waals surface area (Å²) in [6, 6.07) is 16.6. The fourth-order valence-electron chi connectivity index (χ4n) is 6.31. The normalized spacial score (nSPS) is 20.9. The van der Waals surface area contributed by atoms with E-state index in [1.165, 1.54) is 12.1 Å². The molecule has 10 heteroatoms. The van der Waals surface area contributed by atoms with E-state index in [0.717, 1.165) is 46.7 Å². The maximum Gasteiger partial charge on any atom is 0.254 e. The van der Waals surface area contributed by atoms with E-state index in [9.17, 15) is 14.0 Å². The number of anilines is 1. The van der Waals surface area contributed by atoms with Gasteiger partial charge in [-0.1, -0.05) is 44.2 Å². The molecule has 4 heterocycles. The van der Waals surface area contributed by atoms with Crippen molar-refractivity contribution in [2.75, 3.05) is 37.6 Å². The number of nitrogens with zero attached hydrogens (tertiary/aromatic N) is 4. The lowest BCUT2D eigenvalue weighted by molar-refractivity contribution is -0.120. The summed E-state index contributed by atoms with van der Waals surface area (Å²) in [7, 11) is 0. The van der Waals surface area contributed by atoms with Crippen molar-refractivity contribution in [1.82, 2.24) is 20.1 Å². The van der Waals surface area contributed by atoms with E-state index in [1.807, 2.05) is 46.3 Å². The van der Waals surface area contributed by atoms with Gasteiger partial charge in [0.2, 0.25) is 5.91 Å². The number of carbonyl (C=O) groups excluding carboxylic acids is 2. The first-order valence-corrected chi connectivity index (χ1v) is 14.1. The van der Waals surface area contributed by atoms with Crippen LogP contribution in [0.15, 0.2) is 60.8 Å². The zero-order valence-electron chi connectivity index (χ0n) is 24.2. The number of nitrogens with one attached hydrogen (secondary N) is 1. The van der Waals surface area contributed by atoms with Gasteiger partial charge < -0.3 is 15.1 Å². The first-order chi connectivity index (χ1) is 19.2. The van der Waals surface area contributed by atoms with Crippen LogP contribution in [0, 0.1) is 5.82 Å². The highest BCUT2D eigenvalue weighted by molar-refractivity contribution is 5.99. The number of carbonyl (C=O) groups is 2. The summed E-state index contributed by atoms with van der Waals surface area (Å²) < 4.78 is 13.4. The Labute approximate surface area is 259 Å². The van der Waals surface area contributed by atoms with Gasteiger partial charge in [0.15, 0.2) is 0 Å². The van der Waals surface area contributed by atoms with Crippen molar-refractivity contribution in [1.29, 1.82) is 0 Å². The fourth-order valence-corrected chi connectivity index (χ4v) is 6.31. The Hall–Kier alpha value is -3.04. The van der Waals surface area contributed by atoms with Gasteiger partial charge in [0.1, 0.15) is 5.82 Å². The summed E-state index contributed by atoms with van der Waals surface area (Å²) in [5.74, 6) is -0.138. The smallest absolute Gasteiger partial charge is 0.254 e. The van der Waals surface area contributed by atoms with Crippen LogP contribution in [0.4, 0.5) is 10.1 Å². The van der Waals surface area contributed by atoms with Gasteiger partial charge in [-0.25, -0.2) is 4.39 Å². The zero-order valence-corrected chi connectivity index (χ0v) is 25.8. The van der Waals surface area contributed by atoms with Crippen molar-refractivity contribution in [3.8, 4) is 0 Å². The van der Waals surface area contributed by atoms with Gasteiger partial charge in [0, 0.05) is 79.7 Å². The molecule has 1 saturated heterocycles. The molecule has 0 radical (unpaired) electrons. The van der Waals surface area contributed by atoms with Gasteiger partial charge in [0.25, 0.3) is 5.91 Å². The predicted molar refractivity (Wildman–Crippen MR) is 167 cm³/mol. The monoisotopic (exact) mass is 613 g/mol. The molecule has 3 aromatic rings. The molecule has 42 heavy (non-hydrogen) atoms. The molecule has 224 valence electrons. The Morgan fingerprint density at radius 1 is 1.12 bits per heavy atom. The minimum Gasteiger partial charge on any atom is -0.333 e. The van der Waals surface area contributed by atoms with E-state index < -0.39 is 0 Å². The van der Waals surface area contributed by atoms with Crippen LogP contribution >= 0.6 is 24.8 Å².